The molecule has 3 N–H and O–H groups in total. The van der Waals surface area contributed by atoms with Gasteiger partial charge in [-0.15, -0.1) is 0 Å². The summed E-state index contributed by atoms with van der Waals surface area (Å²) in [6.45, 7) is 0. The minimum Gasteiger partial charge on any atom is -0.481 e. The lowest BCUT2D eigenvalue weighted by molar-refractivity contribution is -0.142. The van der Waals surface area contributed by atoms with E-state index in [-0.39, 0.29) is 18.0 Å². The highest BCUT2D eigenvalue weighted by Crippen LogP contribution is 2.27. The van der Waals surface area contributed by atoms with Crippen LogP contribution in [0.15, 0.2) is 22.7 Å². The van der Waals surface area contributed by atoms with Crippen LogP contribution in [0.2, 0.25) is 5.02 Å². The van der Waals surface area contributed by atoms with E-state index in [1.807, 2.05) is 0 Å². The highest BCUT2D eigenvalue weighted by Gasteiger charge is 2.26. The number of carboxylic acid groups (broad SMARTS) is 1. The van der Waals surface area contributed by atoms with Gasteiger partial charge in [0.25, 0.3) is 0 Å². The molecular weight excluding hydrogens is 360 g/mol. The molecule has 7 heteroatoms. The average molecular weight is 376 g/mol. The maximum atomic E-state index is 12.0. The summed E-state index contributed by atoms with van der Waals surface area (Å²) >= 11 is 9.23. The number of carbonyl (C=O) groups is 2. The Morgan fingerprint density at radius 3 is 2.52 bits per heavy atom. The maximum Gasteiger partial charge on any atom is 0.319 e. The van der Waals surface area contributed by atoms with E-state index in [4.69, 9.17) is 16.7 Å². The van der Waals surface area contributed by atoms with Crippen LogP contribution in [0.3, 0.4) is 0 Å². The first-order valence-corrected chi connectivity index (χ1v) is 7.88. The molecule has 114 valence electrons. The van der Waals surface area contributed by atoms with Crippen LogP contribution in [0.5, 0.6) is 0 Å². The van der Waals surface area contributed by atoms with Crippen LogP contribution in [-0.4, -0.2) is 23.1 Å². The number of carboxylic acids is 1. The largest absolute Gasteiger partial charge is 0.481 e. The molecule has 2 amide bonds. The van der Waals surface area contributed by atoms with Crippen molar-refractivity contribution in [1.29, 1.82) is 0 Å². The number of nitrogens with one attached hydrogen (secondary N) is 2. The second-order valence-corrected chi connectivity index (χ2v) is 6.40. The molecule has 0 radical (unpaired) electrons. The zero-order valence-corrected chi connectivity index (χ0v) is 13.6. The quantitative estimate of drug-likeness (QED) is 0.750. The molecule has 2 rings (SSSR count). The summed E-state index contributed by atoms with van der Waals surface area (Å²) in [6.07, 6.45) is 2.56. The van der Waals surface area contributed by atoms with Gasteiger partial charge in [0.15, 0.2) is 0 Å². The number of urea groups is 1. The van der Waals surface area contributed by atoms with E-state index in [0.29, 0.717) is 36.4 Å². The summed E-state index contributed by atoms with van der Waals surface area (Å²) in [5, 5.41) is 15.1. The third-order valence-corrected chi connectivity index (χ3v) is 4.51. The Balaban J connectivity index is 1.85. The molecule has 0 saturated heterocycles. The molecule has 1 aliphatic carbocycles. The summed E-state index contributed by atoms with van der Waals surface area (Å²) in [4.78, 5) is 22.8. The van der Waals surface area contributed by atoms with Crippen LogP contribution in [0, 0.1) is 5.92 Å². The van der Waals surface area contributed by atoms with Gasteiger partial charge in [0.1, 0.15) is 0 Å². The first-order chi connectivity index (χ1) is 9.95. The van der Waals surface area contributed by atoms with Crippen LogP contribution >= 0.6 is 27.5 Å². The lowest BCUT2D eigenvalue weighted by atomic mass is 9.86. The van der Waals surface area contributed by atoms with Crippen molar-refractivity contribution < 1.29 is 14.7 Å². The van der Waals surface area contributed by atoms with E-state index in [0.717, 1.165) is 4.47 Å². The molecule has 0 atom stereocenters. The Labute approximate surface area is 136 Å². The highest BCUT2D eigenvalue weighted by molar-refractivity contribution is 9.10. The number of hydrogen-bond donors (Lipinski definition) is 3. The summed E-state index contributed by atoms with van der Waals surface area (Å²) in [6, 6.07) is 4.85. The van der Waals surface area contributed by atoms with Gasteiger partial charge in [-0.1, -0.05) is 11.6 Å². The molecular formula is C14H16BrClN2O3. The molecule has 1 fully saturated rings. The number of aliphatic carboxylic acids is 1. The van der Waals surface area contributed by atoms with Gasteiger partial charge in [-0.25, -0.2) is 4.79 Å². The Morgan fingerprint density at radius 1 is 1.24 bits per heavy atom. The van der Waals surface area contributed by atoms with Gasteiger partial charge in [0.05, 0.1) is 11.6 Å². The second kappa shape index (κ2) is 7.13. The van der Waals surface area contributed by atoms with Gasteiger partial charge in [-0.3, -0.25) is 4.79 Å². The van der Waals surface area contributed by atoms with Crippen LogP contribution in [0.1, 0.15) is 25.7 Å². The number of carbonyl (C=O) groups excluding carboxylic acids is 1. The number of hydrogen-bond acceptors (Lipinski definition) is 2. The van der Waals surface area contributed by atoms with Gasteiger partial charge in [-0.05, 0) is 59.8 Å². The third kappa shape index (κ3) is 4.61. The van der Waals surface area contributed by atoms with Crippen LogP contribution in [0.4, 0.5) is 10.5 Å². The number of amides is 2. The Kier molecular flexibility index (Phi) is 5.47. The number of anilines is 1. The van der Waals surface area contributed by atoms with Gasteiger partial charge < -0.3 is 15.7 Å². The van der Waals surface area contributed by atoms with Crippen molar-refractivity contribution in [3.8, 4) is 0 Å². The first-order valence-electron chi connectivity index (χ1n) is 6.71. The van der Waals surface area contributed by atoms with Crippen molar-refractivity contribution in [2.24, 2.45) is 5.92 Å². The van der Waals surface area contributed by atoms with E-state index >= 15 is 0 Å². The SMILES string of the molecule is O=C(Nc1cc(Cl)ccc1Br)NC1CCC(C(=O)O)CC1. The summed E-state index contributed by atoms with van der Waals surface area (Å²) in [5.74, 6) is -1.03. The monoisotopic (exact) mass is 374 g/mol. The van der Waals surface area contributed by atoms with Gasteiger partial charge in [0, 0.05) is 15.5 Å². The van der Waals surface area contributed by atoms with Crippen LogP contribution < -0.4 is 10.6 Å². The molecule has 0 aromatic heterocycles. The molecule has 21 heavy (non-hydrogen) atoms. The van der Waals surface area contributed by atoms with Crippen molar-refractivity contribution in [1.82, 2.24) is 5.32 Å². The van der Waals surface area contributed by atoms with E-state index in [1.165, 1.54) is 0 Å². The predicted molar refractivity (Wildman–Crippen MR) is 84.7 cm³/mol. The van der Waals surface area contributed by atoms with Crippen LogP contribution in [0.25, 0.3) is 0 Å². The van der Waals surface area contributed by atoms with Crippen molar-refractivity contribution in [2.45, 2.75) is 31.7 Å². The van der Waals surface area contributed by atoms with Gasteiger partial charge in [0.2, 0.25) is 0 Å². The number of rotatable bonds is 3. The third-order valence-electron chi connectivity index (χ3n) is 3.59. The lowest BCUT2D eigenvalue weighted by Crippen LogP contribution is -2.41. The molecule has 1 aromatic carbocycles. The minimum atomic E-state index is -0.749. The molecule has 5 nitrogen and oxygen atoms in total. The second-order valence-electron chi connectivity index (χ2n) is 5.11. The van der Waals surface area contributed by atoms with E-state index in [9.17, 15) is 9.59 Å². The molecule has 1 aromatic rings. The van der Waals surface area contributed by atoms with E-state index in [1.54, 1.807) is 18.2 Å². The number of halogens is 2. The summed E-state index contributed by atoms with van der Waals surface area (Å²) in [5.41, 5.74) is 0.597. The molecule has 1 saturated carbocycles. The topological polar surface area (TPSA) is 78.4 Å². The summed E-state index contributed by atoms with van der Waals surface area (Å²) < 4.78 is 0.747. The average Bonchev–Trinajstić information content (AvgIpc) is 2.43. The zero-order valence-electron chi connectivity index (χ0n) is 11.2. The smallest absolute Gasteiger partial charge is 0.319 e. The van der Waals surface area contributed by atoms with E-state index in [2.05, 4.69) is 26.6 Å². The highest BCUT2D eigenvalue weighted by atomic mass is 79.9. The molecule has 0 unspecified atom stereocenters. The Bertz CT molecular complexity index is 545. The summed E-state index contributed by atoms with van der Waals surface area (Å²) in [7, 11) is 0. The maximum absolute atomic E-state index is 12.0. The standard InChI is InChI=1S/C14H16BrClN2O3/c15-11-6-3-9(16)7-12(11)18-14(21)17-10-4-1-8(2-5-10)13(19)20/h3,6-8,10H,1-2,4-5H2,(H,19,20)(H2,17,18,21). The van der Waals surface area contributed by atoms with Gasteiger partial charge in [-0.2, -0.15) is 0 Å². The van der Waals surface area contributed by atoms with Crippen LogP contribution in [-0.2, 0) is 4.79 Å². The van der Waals surface area contributed by atoms with Crippen molar-refractivity contribution in [3.63, 3.8) is 0 Å². The van der Waals surface area contributed by atoms with Crippen molar-refractivity contribution >= 4 is 45.2 Å². The van der Waals surface area contributed by atoms with E-state index < -0.39 is 5.97 Å². The molecule has 0 bridgehead atoms. The van der Waals surface area contributed by atoms with Gasteiger partial charge >= 0.3 is 12.0 Å². The lowest BCUT2D eigenvalue weighted by Gasteiger charge is -2.26. The molecule has 0 aliphatic heterocycles. The molecule has 1 aliphatic rings. The predicted octanol–water partition coefficient (Wildman–Crippen LogP) is 3.87. The number of benzene rings is 1. The fourth-order valence-electron chi connectivity index (χ4n) is 2.42. The zero-order chi connectivity index (χ0) is 15.4. The fourth-order valence-corrected chi connectivity index (χ4v) is 2.94. The molecule has 0 heterocycles. The van der Waals surface area contributed by atoms with Crippen molar-refractivity contribution in [3.05, 3.63) is 27.7 Å². The fraction of sp³-hybridized carbons (Fsp3) is 0.429. The Morgan fingerprint density at radius 2 is 1.90 bits per heavy atom. The minimum absolute atomic E-state index is 0.0126. The van der Waals surface area contributed by atoms with Crippen molar-refractivity contribution in [2.75, 3.05) is 5.32 Å². The first kappa shape index (κ1) is 16.1. The normalized spacial score (nSPS) is 21.6. The Hall–Kier alpha value is -1.27. The molecule has 0 spiro atoms.